The highest BCUT2D eigenvalue weighted by molar-refractivity contribution is 5.67. The number of carbonyl (C=O) groups excluding carboxylic acids is 2. The quantitative estimate of drug-likeness (QED) is 0.160. The Morgan fingerprint density at radius 2 is 2.02 bits per heavy atom. The predicted molar refractivity (Wildman–Crippen MR) is 160 cm³/mol. The molecule has 1 fully saturated rings. The molecule has 3 aliphatic rings. The number of piperidine rings is 1. The Kier molecular flexibility index (Phi) is 12.6. The number of benzene rings is 1. The van der Waals surface area contributed by atoms with E-state index in [1.165, 1.54) is 38.5 Å². The number of likely N-dealkylation sites (tertiary alicyclic amines) is 1. The highest BCUT2D eigenvalue weighted by Gasteiger charge is 2.33. The molecule has 40 heavy (non-hydrogen) atoms. The highest BCUT2D eigenvalue weighted by Crippen LogP contribution is 2.36. The van der Waals surface area contributed by atoms with Crippen LogP contribution in [0.4, 0.5) is 10.5 Å². The van der Waals surface area contributed by atoms with Gasteiger partial charge in [0.1, 0.15) is 11.9 Å². The van der Waals surface area contributed by atoms with Gasteiger partial charge in [0, 0.05) is 23.7 Å². The monoisotopic (exact) mass is 551 g/mol. The Balaban J connectivity index is 0.000000229. The van der Waals surface area contributed by atoms with Gasteiger partial charge in [0.05, 0.1) is 12.6 Å². The fourth-order valence-corrected chi connectivity index (χ4v) is 5.26. The molecule has 4 rings (SSSR count). The van der Waals surface area contributed by atoms with Crippen molar-refractivity contribution in [2.45, 2.75) is 51.7 Å². The van der Waals surface area contributed by atoms with E-state index in [-0.39, 0.29) is 12.3 Å². The van der Waals surface area contributed by atoms with E-state index in [1.54, 1.807) is 30.7 Å². The van der Waals surface area contributed by atoms with Crippen LogP contribution < -0.4 is 21.7 Å². The molecular weight excluding hydrogens is 506 g/mol. The number of phenols is 1. The second-order valence-electron chi connectivity index (χ2n) is 10.2. The number of fused-ring (bicyclic) bond motifs is 1. The van der Waals surface area contributed by atoms with Crippen molar-refractivity contribution < 1.29 is 19.4 Å². The van der Waals surface area contributed by atoms with Crippen LogP contribution in [0.25, 0.3) is 6.08 Å². The summed E-state index contributed by atoms with van der Waals surface area (Å²) >= 11 is 0. The van der Waals surface area contributed by atoms with Crippen molar-refractivity contribution in [1.82, 2.24) is 20.9 Å². The number of anilines is 1. The van der Waals surface area contributed by atoms with E-state index in [9.17, 15) is 14.7 Å². The summed E-state index contributed by atoms with van der Waals surface area (Å²) in [5.41, 5.74) is 8.74. The first-order chi connectivity index (χ1) is 19.4. The summed E-state index contributed by atoms with van der Waals surface area (Å²) in [6.07, 6.45) is 18.5. The SMILES string of the molecule is CCN1CCC(C2=CNC3C=CC=CC23)CC1.CCNC(=O)OC(CCC=Cc1cc(O)ccc1N)CNC=O. The number of ether oxygens (including phenoxy) is 1. The molecular formula is C31H45N5O4. The topological polar surface area (TPSA) is 129 Å². The van der Waals surface area contributed by atoms with Crippen LogP contribution in [0.1, 0.15) is 45.1 Å². The molecule has 0 radical (unpaired) electrons. The lowest BCUT2D eigenvalue weighted by Gasteiger charge is -2.33. The van der Waals surface area contributed by atoms with Crippen molar-refractivity contribution in [1.29, 1.82) is 0 Å². The molecule has 0 saturated carbocycles. The number of hydrogen-bond donors (Lipinski definition) is 5. The van der Waals surface area contributed by atoms with Crippen molar-refractivity contribution in [2.24, 2.45) is 11.8 Å². The molecule has 6 N–H and O–H groups in total. The van der Waals surface area contributed by atoms with E-state index in [4.69, 9.17) is 10.5 Å². The van der Waals surface area contributed by atoms with Crippen LogP contribution in [-0.4, -0.2) is 67.4 Å². The smallest absolute Gasteiger partial charge is 0.407 e. The Morgan fingerprint density at radius 1 is 1.25 bits per heavy atom. The van der Waals surface area contributed by atoms with Crippen LogP contribution in [-0.2, 0) is 9.53 Å². The first-order valence-corrected chi connectivity index (χ1v) is 14.3. The first kappa shape index (κ1) is 30.8. The molecule has 1 aromatic rings. The summed E-state index contributed by atoms with van der Waals surface area (Å²) < 4.78 is 5.22. The minimum absolute atomic E-state index is 0.145. The molecule has 9 nitrogen and oxygen atoms in total. The average Bonchev–Trinajstić information content (AvgIpc) is 3.40. The molecule has 0 spiro atoms. The summed E-state index contributed by atoms with van der Waals surface area (Å²) in [5, 5.41) is 18.0. The minimum Gasteiger partial charge on any atom is -0.508 e. The Labute approximate surface area is 238 Å². The number of hydrogen-bond acceptors (Lipinski definition) is 7. The van der Waals surface area contributed by atoms with Crippen LogP contribution in [0, 0.1) is 11.8 Å². The maximum atomic E-state index is 11.4. The van der Waals surface area contributed by atoms with Gasteiger partial charge in [-0.25, -0.2) is 4.79 Å². The van der Waals surface area contributed by atoms with Gasteiger partial charge in [0.2, 0.25) is 6.41 Å². The zero-order valence-electron chi connectivity index (χ0n) is 23.7. The van der Waals surface area contributed by atoms with E-state index in [2.05, 4.69) is 58.3 Å². The summed E-state index contributed by atoms with van der Waals surface area (Å²) in [5.74, 6) is 1.57. The van der Waals surface area contributed by atoms with Crippen molar-refractivity contribution in [2.75, 3.05) is 38.5 Å². The summed E-state index contributed by atoms with van der Waals surface area (Å²) in [6, 6.07) is 5.25. The van der Waals surface area contributed by atoms with Crippen molar-refractivity contribution >= 4 is 24.3 Å². The fourth-order valence-electron chi connectivity index (χ4n) is 5.26. The third kappa shape index (κ3) is 9.48. The zero-order chi connectivity index (χ0) is 28.7. The summed E-state index contributed by atoms with van der Waals surface area (Å²) in [6.45, 7) is 8.54. The molecule has 3 atom stereocenters. The van der Waals surface area contributed by atoms with Gasteiger partial charge in [-0.05, 0) is 88.1 Å². The third-order valence-corrected chi connectivity index (χ3v) is 7.52. The lowest BCUT2D eigenvalue weighted by atomic mass is 9.80. The van der Waals surface area contributed by atoms with Crippen molar-refractivity contribution in [3.63, 3.8) is 0 Å². The predicted octanol–water partition coefficient (Wildman–Crippen LogP) is 3.94. The lowest BCUT2D eigenvalue weighted by molar-refractivity contribution is -0.110. The third-order valence-electron chi connectivity index (χ3n) is 7.52. The molecule has 2 amide bonds. The Morgan fingerprint density at radius 3 is 2.75 bits per heavy atom. The zero-order valence-corrected chi connectivity index (χ0v) is 23.7. The number of nitrogens with one attached hydrogen (secondary N) is 3. The standard InChI is InChI=1S/C16H23N3O4.C15H22N2/c1-2-19-16(22)23-14(10-18-11-20)6-4-3-5-12-9-13(21)7-8-15(12)17;1-2-17-9-7-12(8-10-17)14-11-16-15-6-4-3-5-13(14)15/h3,5,7-9,11,14,21H,2,4,6,10,17H2,1H3,(H,18,20)(H,19,22);3-6,11-13,15-16H,2,7-10H2,1H3. The van der Waals surface area contributed by atoms with Crippen LogP contribution in [0.5, 0.6) is 5.75 Å². The maximum Gasteiger partial charge on any atom is 0.407 e. The van der Waals surface area contributed by atoms with Gasteiger partial charge in [0.25, 0.3) is 0 Å². The highest BCUT2D eigenvalue weighted by atomic mass is 16.6. The van der Waals surface area contributed by atoms with E-state index in [0.717, 1.165) is 11.5 Å². The molecule has 1 aromatic carbocycles. The second kappa shape index (κ2) is 16.4. The summed E-state index contributed by atoms with van der Waals surface area (Å²) in [7, 11) is 0. The number of allylic oxidation sites excluding steroid dienone is 3. The molecule has 1 saturated heterocycles. The number of aromatic hydroxyl groups is 1. The number of amides is 2. The molecule has 9 heteroatoms. The van der Waals surface area contributed by atoms with Crippen LogP contribution in [0.15, 0.2) is 60.4 Å². The molecule has 0 bridgehead atoms. The van der Waals surface area contributed by atoms with Crippen molar-refractivity contribution in [3.05, 3.63) is 65.9 Å². The van der Waals surface area contributed by atoms with Crippen molar-refractivity contribution in [3.8, 4) is 5.75 Å². The number of carbonyl (C=O) groups is 2. The van der Waals surface area contributed by atoms with Gasteiger partial charge in [0.15, 0.2) is 0 Å². The van der Waals surface area contributed by atoms with Crippen LogP contribution >= 0.6 is 0 Å². The van der Waals surface area contributed by atoms with Gasteiger partial charge in [-0.1, -0.05) is 43.4 Å². The van der Waals surface area contributed by atoms with Gasteiger partial charge >= 0.3 is 6.09 Å². The number of nitrogen functional groups attached to an aromatic ring is 1. The lowest BCUT2D eigenvalue weighted by Crippen LogP contribution is -2.35. The number of alkyl carbamates (subject to hydrolysis) is 1. The van der Waals surface area contributed by atoms with E-state index in [1.807, 2.05) is 6.08 Å². The van der Waals surface area contributed by atoms with Crippen LogP contribution in [0.3, 0.4) is 0 Å². The number of rotatable bonds is 11. The average molecular weight is 552 g/mol. The normalized spacial score (nSPS) is 21.0. The van der Waals surface area contributed by atoms with Gasteiger partial charge in [-0.3, -0.25) is 4.79 Å². The van der Waals surface area contributed by atoms with Gasteiger partial charge in [-0.2, -0.15) is 0 Å². The molecule has 2 heterocycles. The van der Waals surface area contributed by atoms with Gasteiger partial charge in [-0.15, -0.1) is 0 Å². The Bertz CT molecular complexity index is 1080. The molecule has 1 aliphatic carbocycles. The summed E-state index contributed by atoms with van der Waals surface area (Å²) in [4.78, 5) is 24.4. The number of phenolic OH excluding ortho intramolecular Hbond substituents is 1. The fraction of sp³-hybridized carbons (Fsp3) is 0.484. The maximum absolute atomic E-state index is 11.4. The molecule has 2 aliphatic heterocycles. The largest absolute Gasteiger partial charge is 0.508 e. The molecule has 3 unspecified atom stereocenters. The minimum atomic E-state index is -0.508. The first-order valence-electron chi connectivity index (χ1n) is 14.3. The van der Waals surface area contributed by atoms with E-state index >= 15 is 0 Å². The Hall–Kier alpha value is -3.72. The van der Waals surface area contributed by atoms with Crippen LogP contribution in [0.2, 0.25) is 0 Å². The number of nitrogens with zero attached hydrogens (tertiary/aromatic N) is 1. The molecule has 218 valence electrons. The van der Waals surface area contributed by atoms with E-state index < -0.39 is 12.2 Å². The second-order valence-corrected chi connectivity index (χ2v) is 10.2. The number of nitrogens with two attached hydrogens (primary N) is 1. The molecule has 0 aromatic heterocycles. The van der Waals surface area contributed by atoms with E-state index in [0.29, 0.717) is 43.4 Å². The van der Waals surface area contributed by atoms with Gasteiger partial charge < -0.3 is 36.4 Å².